The normalized spacial score (nSPS) is 12.9. The lowest BCUT2D eigenvalue weighted by Crippen LogP contribution is -2.20. The minimum absolute atomic E-state index is 0.281. The SMILES string of the molecule is CNc1ncnc2c1ncn2C[C@H](O)COC. The second-order valence-corrected chi connectivity index (χ2v) is 3.65. The van der Waals surface area contributed by atoms with Gasteiger partial charge in [0.25, 0.3) is 0 Å². The first-order valence-electron chi connectivity index (χ1n) is 5.27. The Morgan fingerprint density at radius 3 is 3.00 bits per heavy atom. The van der Waals surface area contributed by atoms with Crippen LogP contribution in [0.25, 0.3) is 11.2 Å². The number of anilines is 1. The molecule has 2 aromatic heterocycles. The van der Waals surface area contributed by atoms with Crippen LogP contribution >= 0.6 is 0 Å². The molecule has 0 unspecified atom stereocenters. The Bertz CT molecular complexity index is 498. The van der Waals surface area contributed by atoms with Crippen LogP contribution in [0, 0.1) is 0 Å². The van der Waals surface area contributed by atoms with Crippen molar-refractivity contribution < 1.29 is 9.84 Å². The summed E-state index contributed by atoms with van der Waals surface area (Å²) in [4.78, 5) is 12.5. The summed E-state index contributed by atoms with van der Waals surface area (Å²) >= 11 is 0. The number of rotatable bonds is 5. The molecule has 0 aliphatic rings. The van der Waals surface area contributed by atoms with Crippen LogP contribution in [-0.4, -0.2) is 51.5 Å². The van der Waals surface area contributed by atoms with Gasteiger partial charge in [-0.05, 0) is 0 Å². The topological polar surface area (TPSA) is 85.1 Å². The lowest BCUT2D eigenvalue weighted by atomic mass is 10.3. The van der Waals surface area contributed by atoms with Gasteiger partial charge in [0.15, 0.2) is 11.5 Å². The number of aliphatic hydroxyl groups is 1. The second kappa shape index (κ2) is 5.07. The fraction of sp³-hybridized carbons (Fsp3) is 0.500. The predicted molar refractivity (Wildman–Crippen MR) is 62.8 cm³/mol. The summed E-state index contributed by atoms with van der Waals surface area (Å²) in [5.41, 5.74) is 1.39. The minimum Gasteiger partial charge on any atom is -0.389 e. The number of nitrogens with one attached hydrogen (secondary N) is 1. The molecule has 0 fully saturated rings. The molecular weight excluding hydrogens is 222 g/mol. The zero-order valence-electron chi connectivity index (χ0n) is 9.79. The maximum Gasteiger partial charge on any atom is 0.165 e. The van der Waals surface area contributed by atoms with Crippen molar-refractivity contribution in [3.05, 3.63) is 12.7 Å². The Kier molecular flexibility index (Phi) is 3.50. The molecule has 2 aromatic rings. The Morgan fingerprint density at radius 1 is 1.47 bits per heavy atom. The van der Waals surface area contributed by atoms with E-state index in [1.807, 2.05) is 0 Å². The van der Waals surface area contributed by atoms with Crippen molar-refractivity contribution in [3.8, 4) is 0 Å². The van der Waals surface area contributed by atoms with Crippen LogP contribution in [0.5, 0.6) is 0 Å². The Labute approximate surface area is 98.5 Å². The first-order valence-corrected chi connectivity index (χ1v) is 5.27. The third-order valence-corrected chi connectivity index (χ3v) is 2.40. The first kappa shape index (κ1) is 11.7. The van der Waals surface area contributed by atoms with Crippen LogP contribution in [0.1, 0.15) is 0 Å². The fourth-order valence-electron chi connectivity index (χ4n) is 1.67. The number of methoxy groups -OCH3 is 1. The van der Waals surface area contributed by atoms with E-state index in [1.54, 1.807) is 25.1 Å². The molecule has 7 heteroatoms. The Hall–Kier alpha value is -1.73. The van der Waals surface area contributed by atoms with Crippen LogP contribution in [0.15, 0.2) is 12.7 Å². The molecule has 2 N–H and O–H groups in total. The lowest BCUT2D eigenvalue weighted by Gasteiger charge is -2.10. The van der Waals surface area contributed by atoms with Gasteiger partial charge < -0.3 is 19.7 Å². The summed E-state index contributed by atoms with van der Waals surface area (Å²) in [6.07, 6.45) is 2.53. The molecule has 0 spiro atoms. The molecule has 0 aliphatic carbocycles. The molecule has 17 heavy (non-hydrogen) atoms. The van der Waals surface area contributed by atoms with Crippen molar-refractivity contribution in [1.29, 1.82) is 0 Å². The average molecular weight is 237 g/mol. The third-order valence-electron chi connectivity index (χ3n) is 2.40. The number of nitrogens with zero attached hydrogens (tertiary/aromatic N) is 4. The molecule has 1 atom stereocenters. The molecule has 0 radical (unpaired) electrons. The van der Waals surface area contributed by atoms with E-state index in [0.29, 0.717) is 23.5 Å². The van der Waals surface area contributed by atoms with E-state index in [9.17, 15) is 5.11 Å². The van der Waals surface area contributed by atoms with E-state index in [1.165, 1.54) is 6.33 Å². The van der Waals surface area contributed by atoms with Crippen LogP contribution in [0.4, 0.5) is 5.82 Å². The number of fused-ring (bicyclic) bond motifs is 1. The van der Waals surface area contributed by atoms with Gasteiger partial charge in [-0.1, -0.05) is 0 Å². The van der Waals surface area contributed by atoms with Gasteiger partial charge in [-0.25, -0.2) is 15.0 Å². The van der Waals surface area contributed by atoms with E-state index >= 15 is 0 Å². The maximum absolute atomic E-state index is 9.67. The smallest absolute Gasteiger partial charge is 0.165 e. The highest BCUT2D eigenvalue weighted by atomic mass is 16.5. The van der Waals surface area contributed by atoms with Gasteiger partial charge in [0.2, 0.25) is 0 Å². The van der Waals surface area contributed by atoms with E-state index in [-0.39, 0.29) is 6.61 Å². The number of aliphatic hydroxyl groups excluding tert-OH is 1. The van der Waals surface area contributed by atoms with Gasteiger partial charge in [0.1, 0.15) is 11.8 Å². The van der Waals surface area contributed by atoms with Crippen molar-refractivity contribution in [2.75, 3.05) is 26.1 Å². The third kappa shape index (κ3) is 2.34. The maximum atomic E-state index is 9.67. The summed E-state index contributed by atoms with van der Waals surface area (Å²) in [7, 11) is 3.33. The molecule has 0 aromatic carbocycles. The van der Waals surface area contributed by atoms with Gasteiger partial charge in [-0.2, -0.15) is 0 Å². The average Bonchev–Trinajstić information content (AvgIpc) is 2.73. The van der Waals surface area contributed by atoms with Crippen molar-refractivity contribution >= 4 is 17.0 Å². The van der Waals surface area contributed by atoms with Crippen LogP contribution in [0.2, 0.25) is 0 Å². The molecule has 92 valence electrons. The molecule has 2 rings (SSSR count). The molecule has 0 aliphatic heterocycles. The van der Waals surface area contributed by atoms with Crippen molar-refractivity contribution in [1.82, 2.24) is 19.5 Å². The molecule has 0 amide bonds. The molecule has 0 bridgehead atoms. The highest BCUT2D eigenvalue weighted by molar-refractivity contribution is 5.82. The lowest BCUT2D eigenvalue weighted by molar-refractivity contribution is 0.0543. The molecule has 0 saturated carbocycles. The highest BCUT2D eigenvalue weighted by Gasteiger charge is 2.11. The van der Waals surface area contributed by atoms with Gasteiger partial charge >= 0.3 is 0 Å². The molecule has 0 saturated heterocycles. The summed E-state index contributed by atoms with van der Waals surface area (Å²) in [5.74, 6) is 0.676. The summed E-state index contributed by atoms with van der Waals surface area (Å²) in [5, 5.41) is 12.6. The number of hydrogen-bond acceptors (Lipinski definition) is 6. The van der Waals surface area contributed by atoms with Crippen LogP contribution < -0.4 is 5.32 Å². The van der Waals surface area contributed by atoms with Gasteiger partial charge in [-0.15, -0.1) is 0 Å². The monoisotopic (exact) mass is 237 g/mol. The van der Waals surface area contributed by atoms with Crippen LogP contribution in [-0.2, 0) is 11.3 Å². The fourth-order valence-corrected chi connectivity index (χ4v) is 1.67. The van der Waals surface area contributed by atoms with E-state index < -0.39 is 6.10 Å². The van der Waals surface area contributed by atoms with Gasteiger partial charge in [-0.3, -0.25) is 0 Å². The quantitative estimate of drug-likeness (QED) is 0.754. The minimum atomic E-state index is -0.578. The number of imidazole rings is 1. The van der Waals surface area contributed by atoms with E-state index in [2.05, 4.69) is 20.3 Å². The van der Waals surface area contributed by atoms with E-state index in [4.69, 9.17) is 4.74 Å². The first-order chi connectivity index (χ1) is 8.26. The zero-order chi connectivity index (χ0) is 12.3. The van der Waals surface area contributed by atoms with Gasteiger partial charge in [0, 0.05) is 14.2 Å². The standard InChI is InChI=1S/C10H15N5O2/c1-11-9-8-10(13-5-12-9)15(6-14-8)3-7(16)4-17-2/h5-7,16H,3-4H2,1-2H3,(H,11,12,13)/t7-/m0/s1. The van der Waals surface area contributed by atoms with Crippen LogP contribution in [0.3, 0.4) is 0 Å². The largest absolute Gasteiger partial charge is 0.389 e. The van der Waals surface area contributed by atoms with Crippen molar-refractivity contribution in [2.24, 2.45) is 0 Å². The Morgan fingerprint density at radius 2 is 2.29 bits per heavy atom. The molecule has 7 nitrogen and oxygen atoms in total. The second-order valence-electron chi connectivity index (χ2n) is 3.65. The summed E-state index contributed by atoms with van der Waals surface area (Å²) in [6.45, 7) is 0.675. The van der Waals surface area contributed by atoms with Crippen molar-refractivity contribution in [2.45, 2.75) is 12.6 Å². The molecular formula is C10H15N5O2. The number of hydrogen-bond donors (Lipinski definition) is 2. The molecule has 2 heterocycles. The summed E-state index contributed by atoms with van der Waals surface area (Å²) < 4.78 is 6.66. The number of aromatic nitrogens is 4. The Balaban J connectivity index is 2.30. The highest BCUT2D eigenvalue weighted by Crippen LogP contribution is 2.16. The van der Waals surface area contributed by atoms with Gasteiger partial charge in [0.05, 0.1) is 25.6 Å². The van der Waals surface area contributed by atoms with Crippen molar-refractivity contribution in [3.63, 3.8) is 0 Å². The van der Waals surface area contributed by atoms with E-state index in [0.717, 1.165) is 0 Å². The number of ether oxygens (including phenoxy) is 1. The predicted octanol–water partition coefficient (Wildman–Crippen LogP) is -0.125. The summed E-state index contributed by atoms with van der Waals surface area (Å²) in [6, 6.07) is 0. The zero-order valence-corrected chi connectivity index (χ0v) is 9.79.